The first kappa shape index (κ1) is 25.6. The van der Waals surface area contributed by atoms with E-state index >= 15 is 0 Å². The Balaban J connectivity index is 1.38. The number of nitrogens with zero attached hydrogens (tertiary/aromatic N) is 3. The van der Waals surface area contributed by atoms with E-state index in [1.165, 1.54) is 30.3 Å². The maximum absolute atomic E-state index is 12.9. The van der Waals surface area contributed by atoms with Crippen molar-refractivity contribution < 1.29 is 14.1 Å². The van der Waals surface area contributed by atoms with E-state index in [-0.39, 0.29) is 28.7 Å². The van der Waals surface area contributed by atoms with Gasteiger partial charge in [0.2, 0.25) is 5.95 Å². The smallest absolute Gasteiger partial charge is 0.291 e. The van der Waals surface area contributed by atoms with Gasteiger partial charge in [-0.1, -0.05) is 29.8 Å². The fourth-order valence-corrected chi connectivity index (χ4v) is 3.92. The molecule has 0 aliphatic rings. The summed E-state index contributed by atoms with van der Waals surface area (Å²) < 4.78 is 5.66. The monoisotopic (exact) mass is 532 g/mol. The molecule has 0 aliphatic heterocycles. The first-order valence-electron chi connectivity index (χ1n) is 12.0. The average molecular weight is 533 g/mol. The quantitative estimate of drug-likeness (QED) is 0.175. The highest BCUT2D eigenvalue weighted by Gasteiger charge is 2.17. The number of nitriles is 1. The number of rotatable bonds is 7. The predicted octanol–water partition coefficient (Wildman–Crippen LogP) is 5.78. The summed E-state index contributed by atoms with van der Waals surface area (Å²) in [5.41, 5.74) is 2.50. The molecule has 0 atom stereocenters. The number of aryl methyl sites for hydroxylation is 1. The minimum Gasteiger partial charge on any atom is -0.451 e. The number of aromatic amines is 1. The Kier molecular flexibility index (Phi) is 6.89. The first-order valence-corrected chi connectivity index (χ1v) is 12.0. The van der Waals surface area contributed by atoms with Gasteiger partial charge in [0.05, 0.1) is 10.6 Å². The van der Waals surface area contributed by atoms with Gasteiger partial charge in [0.15, 0.2) is 5.76 Å². The summed E-state index contributed by atoms with van der Waals surface area (Å²) in [6.07, 6.45) is 0. The number of carbonyl (C=O) groups is 1. The van der Waals surface area contributed by atoms with Crippen LogP contribution in [0.2, 0.25) is 0 Å². The molecule has 3 aromatic carbocycles. The standard InChI is InChI=1S/C29H20N6O5/c1-17-5-9-20(10-6-17)32-29-33-26(23(16-30)27(36)34-29)19-3-2-4-21(15-19)31-28(37)25-14-13-24(40-25)18-7-11-22(12-8-18)35(38)39/h2-15H,1H3,(H,31,37)(H2,32,33,34,36). The molecule has 0 saturated carbocycles. The summed E-state index contributed by atoms with van der Waals surface area (Å²) in [7, 11) is 0. The number of amides is 1. The lowest BCUT2D eigenvalue weighted by molar-refractivity contribution is -0.384. The van der Waals surface area contributed by atoms with E-state index in [2.05, 4.69) is 20.6 Å². The fourth-order valence-electron chi connectivity index (χ4n) is 3.92. The molecule has 40 heavy (non-hydrogen) atoms. The Morgan fingerprint density at radius 2 is 1.75 bits per heavy atom. The Hall–Kier alpha value is -6.02. The number of H-pyrrole nitrogens is 1. The number of nitro benzene ring substituents is 1. The molecule has 196 valence electrons. The SMILES string of the molecule is Cc1ccc(Nc2nc(-c3cccc(NC(=O)c4ccc(-c5ccc([N+](=O)[O-])cc5)o4)c3)c(C#N)c(=O)[nH]2)cc1. The highest BCUT2D eigenvalue weighted by molar-refractivity contribution is 6.03. The van der Waals surface area contributed by atoms with E-state index in [1.54, 1.807) is 30.3 Å². The van der Waals surface area contributed by atoms with Crippen molar-refractivity contribution in [2.45, 2.75) is 6.92 Å². The Labute approximate surface area is 226 Å². The minimum atomic E-state index is -0.606. The molecule has 5 aromatic rings. The van der Waals surface area contributed by atoms with Crippen LogP contribution >= 0.6 is 0 Å². The van der Waals surface area contributed by atoms with Crippen LogP contribution in [-0.2, 0) is 0 Å². The topological polar surface area (TPSA) is 167 Å². The molecular weight excluding hydrogens is 512 g/mol. The van der Waals surface area contributed by atoms with E-state index in [0.29, 0.717) is 28.3 Å². The molecule has 0 spiro atoms. The van der Waals surface area contributed by atoms with Gasteiger partial charge in [0.1, 0.15) is 17.4 Å². The highest BCUT2D eigenvalue weighted by Crippen LogP contribution is 2.27. The molecule has 2 aromatic heterocycles. The molecule has 2 heterocycles. The van der Waals surface area contributed by atoms with Crippen LogP contribution in [0, 0.1) is 28.4 Å². The van der Waals surface area contributed by atoms with Crippen molar-refractivity contribution in [3.05, 3.63) is 122 Å². The molecule has 1 amide bonds. The molecule has 0 bridgehead atoms. The minimum absolute atomic E-state index is 0.0235. The number of anilines is 3. The molecule has 11 heteroatoms. The number of non-ortho nitro benzene ring substituents is 1. The summed E-state index contributed by atoms with van der Waals surface area (Å²) in [6, 6.07) is 24.8. The van der Waals surface area contributed by atoms with E-state index in [4.69, 9.17) is 4.42 Å². The van der Waals surface area contributed by atoms with Crippen LogP contribution in [-0.4, -0.2) is 20.8 Å². The van der Waals surface area contributed by atoms with Crippen LogP contribution < -0.4 is 16.2 Å². The van der Waals surface area contributed by atoms with Gasteiger partial charge in [-0.05, 0) is 55.5 Å². The number of hydrogen-bond acceptors (Lipinski definition) is 8. The van der Waals surface area contributed by atoms with Gasteiger partial charge < -0.3 is 15.1 Å². The lowest BCUT2D eigenvalue weighted by Crippen LogP contribution is -2.16. The largest absolute Gasteiger partial charge is 0.451 e. The summed E-state index contributed by atoms with van der Waals surface area (Å²) in [4.78, 5) is 42.9. The zero-order chi connectivity index (χ0) is 28.2. The lowest BCUT2D eigenvalue weighted by atomic mass is 10.1. The first-order chi connectivity index (χ1) is 19.3. The van der Waals surface area contributed by atoms with Gasteiger partial charge in [-0.3, -0.25) is 24.7 Å². The summed E-state index contributed by atoms with van der Waals surface area (Å²) >= 11 is 0. The van der Waals surface area contributed by atoms with Crippen molar-refractivity contribution in [1.82, 2.24) is 9.97 Å². The van der Waals surface area contributed by atoms with E-state index in [9.17, 15) is 25.0 Å². The Morgan fingerprint density at radius 1 is 1.00 bits per heavy atom. The van der Waals surface area contributed by atoms with Crippen molar-refractivity contribution in [1.29, 1.82) is 5.26 Å². The fraction of sp³-hybridized carbons (Fsp3) is 0.0345. The van der Waals surface area contributed by atoms with Gasteiger partial charge in [0.25, 0.3) is 17.2 Å². The van der Waals surface area contributed by atoms with Crippen molar-refractivity contribution in [2.75, 3.05) is 10.6 Å². The third kappa shape index (κ3) is 5.46. The van der Waals surface area contributed by atoms with Crippen molar-refractivity contribution >= 4 is 28.9 Å². The summed E-state index contributed by atoms with van der Waals surface area (Å²) in [5.74, 6) is 0.0159. The number of aromatic nitrogens is 2. The molecule has 3 N–H and O–H groups in total. The molecule has 0 radical (unpaired) electrons. The maximum atomic E-state index is 12.9. The third-order valence-corrected chi connectivity index (χ3v) is 5.93. The number of furan rings is 1. The average Bonchev–Trinajstić information content (AvgIpc) is 3.45. The van der Waals surface area contributed by atoms with Crippen molar-refractivity contribution in [3.8, 4) is 28.7 Å². The highest BCUT2D eigenvalue weighted by atomic mass is 16.6. The number of nitrogens with one attached hydrogen (secondary N) is 3. The van der Waals surface area contributed by atoms with Gasteiger partial charge in [0, 0.05) is 34.6 Å². The Morgan fingerprint density at radius 3 is 2.45 bits per heavy atom. The number of hydrogen-bond donors (Lipinski definition) is 3. The summed E-state index contributed by atoms with van der Waals surface area (Å²) in [6.45, 7) is 1.96. The van der Waals surface area contributed by atoms with E-state index in [1.807, 2.05) is 37.3 Å². The van der Waals surface area contributed by atoms with Crippen LogP contribution in [0.25, 0.3) is 22.6 Å². The number of benzene rings is 3. The van der Waals surface area contributed by atoms with Crippen LogP contribution in [0.15, 0.2) is 94.1 Å². The molecular formula is C29H20N6O5. The van der Waals surface area contributed by atoms with Gasteiger partial charge >= 0.3 is 0 Å². The molecule has 0 fully saturated rings. The van der Waals surface area contributed by atoms with E-state index < -0.39 is 16.4 Å². The van der Waals surface area contributed by atoms with Gasteiger partial charge in [-0.15, -0.1) is 0 Å². The van der Waals surface area contributed by atoms with Gasteiger partial charge in [-0.25, -0.2) is 4.98 Å². The van der Waals surface area contributed by atoms with Crippen LogP contribution in [0.5, 0.6) is 0 Å². The van der Waals surface area contributed by atoms with Crippen molar-refractivity contribution in [2.24, 2.45) is 0 Å². The lowest BCUT2D eigenvalue weighted by Gasteiger charge is -2.10. The zero-order valence-electron chi connectivity index (χ0n) is 21.0. The summed E-state index contributed by atoms with van der Waals surface area (Å²) in [5, 5.41) is 26.3. The molecule has 5 rings (SSSR count). The van der Waals surface area contributed by atoms with Crippen LogP contribution in [0.4, 0.5) is 23.0 Å². The van der Waals surface area contributed by atoms with Crippen LogP contribution in [0.1, 0.15) is 21.7 Å². The third-order valence-electron chi connectivity index (χ3n) is 5.93. The molecule has 0 unspecified atom stereocenters. The van der Waals surface area contributed by atoms with Crippen molar-refractivity contribution in [3.63, 3.8) is 0 Å². The number of carbonyl (C=O) groups excluding carboxylic acids is 1. The number of nitro groups is 1. The second kappa shape index (κ2) is 10.8. The second-order valence-corrected chi connectivity index (χ2v) is 8.74. The van der Waals surface area contributed by atoms with Gasteiger partial charge in [-0.2, -0.15) is 5.26 Å². The predicted molar refractivity (Wildman–Crippen MR) is 148 cm³/mol. The molecule has 0 aliphatic carbocycles. The Bertz CT molecular complexity index is 1830. The second-order valence-electron chi connectivity index (χ2n) is 8.74. The zero-order valence-corrected chi connectivity index (χ0v) is 21.0. The maximum Gasteiger partial charge on any atom is 0.291 e. The van der Waals surface area contributed by atoms with E-state index in [0.717, 1.165) is 5.56 Å². The van der Waals surface area contributed by atoms with Crippen LogP contribution in [0.3, 0.4) is 0 Å². The normalized spacial score (nSPS) is 10.5. The molecule has 0 saturated heterocycles. The molecule has 11 nitrogen and oxygen atoms in total.